The van der Waals surface area contributed by atoms with Gasteiger partial charge in [-0.2, -0.15) is 0 Å². The number of carboxylic acid groups (broad SMARTS) is 1. The number of hydrogen-bond donors (Lipinski definition) is 1. The summed E-state index contributed by atoms with van der Waals surface area (Å²) in [4.78, 5) is 26.4. The van der Waals surface area contributed by atoms with Crippen molar-refractivity contribution in [1.29, 1.82) is 0 Å². The first-order chi connectivity index (χ1) is 17.7. The zero-order chi connectivity index (χ0) is 26.6. The first kappa shape index (κ1) is 26.5. The van der Waals surface area contributed by atoms with Gasteiger partial charge in [0.05, 0.1) is 18.6 Å². The van der Waals surface area contributed by atoms with Gasteiger partial charge in [0, 0.05) is 37.1 Å². The molecule has 0 bridgehead atoms. The van der Waals surface area contributed by atoms with E-state index < -0.39 is 17.4 Å². The molecule has 8 heteroatoms. The largest absolute Gasteiger partial charge is 0.493 e. The Kier molecular flexibility index (Phi) is 8.03. The number of carbonyl (C=O) groups excluding carboxylic acids is 1. The highest BCUT2D eigenvalue weighted by Gasteiger charge is 2.38. The minimum absolute atomic E-state index is 0.0640. The molecule has 1 heterocycles. The summed E-state index contributed by atoms with van der Waals surface area (Å²) < 4.78 is 25.8. The van der Waals surface area contributed by atoms with Gasteiger partial charge >= 0.3 is 5.97 Å². The highest BCUT2D eigenvalue weighted by atomic mass is 35.5. The van der Waals surface area contributed by atoms with Crippen molar-refractivity contribution >= 4 is 23.5 Å². The van der Waals surface area contributed by atoms with Crippen molar-refractivity contribution in [3.05, 3.63) is 93.8 Å². The van der Waals surface area contributed by atoms with Crippen molar-refractivity contribution < 1.29 is 28.6 Å². The van der Waals surface area contributed by atoms with E-state index in [1.54, 1.807) is 23.1 Å². The van der Waals surface area contributed by atoms with Crippen LogP contribution >= 0.6 is 11.6 Å². The van der Waals surface area contributed by atoms with Gasteiger partial charge in [-0.05, 0) is 48.7 Å². The maximum Gasteiger partial charge on any atom is 0.305 e. The summed E-state index contributed by atoms with van der Waals surface area (Å²) in [6.07, 6.45) is 1.38. The van der Waals surface area contributed by atoms with Crippen molar-refractivity contribution in [2.45, 2.75) is 38.2 Å². The second-order valence-electron chi connectivity index (χ2n) is 9.49. The molecular weight excluding hydrogens is 497 g/mol. The molecule has 0 fully saturated rings. The van der Waals surface area contributed by atoms with Crippen molar-refractivity contribution in [1.82, 2.24) is 4.90 Å². The van der Waals surface area contributed by atoms with E-state index in [0.29, 0.717) is 42.9 Å². The molecule has 0 aliphatic carbocycles. The number of halogens is 2. The fraction of sp³-hybridized carbons (Fsp3) is 0.310. The number of hydrogen-bond acceptors (Lipinski definition) is 4. The van der Waals surface area contributed by atoms with E-state index >= 15 is 0 Å². The standard InChI is InChI=1S/C29H29ClFNO5/c1-29(17-20-8-9-23(30)24(31)14-20)18-22-15-21(16-25(36-2)27(22)37-29)28(35)32(13-11-26(33)34)12-10-19-6-4-3-5-7-19/h3-9,14-16H,10-13,17-18H2,1-2H3,(H,33,34)/t29-/m1/s1. The fourth-order valence-corrected chi connectivity index (χ4v) is 4.80. The molecule has 37 heavy (non-hydrogen) atoms. The van der Waals surface area contributed by atoms with E-state index in [-0.39, 0.29) is 23.9 Å². The molecule has 1 aliphatic heterocycles. The summed E-state index contributed by atoms with van der Waals surface area (Å²) in [7, 11) is 1.51. The number of benzene rings is 3. The maximum absolute atomic E-state index is 14.0. The van der Waals surface area contributed by atoms with Crippen LogP contribution in [0.5, 0.6) is 11.5 Å². The Morgan fingerprint density at radius 3 is 2.54 bits per heavy atom. The van der Waals surface area contributed by atoms with Gasteiger partial charge in [0.25, 0.3) is 5.91 Å². The third kappa shape index (κ3) is 6.41. The molecule has 0 saturated heterocycles. The highest BCUT2D eigenvalue weighted by molar-refractivity contribution is 6.30. The molecule has 0 unspecified atom stereocenters. The lowest BCUT2D eigenvalue weighted by atomic mass is 9.91. The molecular formula is C29H29ClFNO5. The lowest BCUT2D eigenvalue weighted by molar-refractivity contribution is -0.137. The summed E-state index contributed by atoms with van der Waals surface area (Å²) in [6.45, 7) is 2.40. The number of nitrogens with zero attached hydrogens (tertiary/aromatic N) is 1. The van der Waals surface area contributed by atoms with Crippen LogP contribution in [0.1, 0.15) is 40.4 Å². The monoisotopic (exact) mass is 525 g/mol. The number of carboxylic acids is 1. The van der Waals surface area contributed by atoms with E-state index in [2.05, 4.69) is 0 Å². The third-order valence-corrected chi connectivity index (χ3v) is 6.78. The maximum atomic E-state index is 14.0. The summed E-state index contributed by atoms with van der Waals surface area (Å²) in [6, 6.07) is 17.8. The quantitative estimate of drug-likeness (QED) is 0.374. The molecule has 1 atom stereocenters. The molecule has 1 amide bonds. The Bertz CT molecular complexity index is 1300. The fourth-order valence-electron chi connectivity index (χ4n) is 4.68. The molecule has 1 aliphatic rings. The molecule has 6 nitrogen and oxygen atoms in total. The number of rotatable bonds is 10. The van der Waals surface area contributed by atoms with Crippen LogP contribution in [-0.2, 0) is 24.1 Å². The van der Waals surface area contributed by atoms with E-state index in [1.165, 1.54) is 19.2 Å². The number of ether oxygens (including phenoxy) is 2. The van der Waals surface area contributed by atoms with Gasteiger partial charge in [-0.25, -0.2) is 4.39 Å². The van der Waals surface area contributed by atoms with Crippen molar-refractivity contribution in [3.63, 3.8) is 0 Å². The van der Waals surface area contributed by atoms with Gasteiger partial charge in [0.15, 0.2) is 11.5 Å². The SMILES string of the molecule is COc1cc(C(=O)N(CCC(=O)O)CCc2ccccc2)cc2c1O[C@](C)(Cc1ccc(Cl)c(F)c1)C2. The van der Waals surface area contributed by atoms with E-state index in [1.807, 2.05) is 37.3 Å². The molecule has 1 N–H and O–H groups in total. The first-order valence-corrected chi connectivity index (χ1v) is 12.4. The summed E-state index contributed by atoms with van der Waals surface area (Å²) in [5.74, 6) is -0.746. The normalized spacial score (nSPS) is 16.1. The molecule has 194 valence electrons. The van der Waals surface area contributed by atoms with Crippen LogP contribution in [0.2, 0.25) is 5.02 Å². The van der Waals surface area contributed by atoms with Crippen molar-refractivity contribution in [2.75, 3.05) is 20.2 Å². The number of fused-ring (bicyclic) bond motifs is 1. The van der Waals surface area contributed by atoms with Gasteiger partial charge in [-0.1, -0.05) is 48.0 Å². The molecule has 0 spiro atoms. The van der Waals surface area contributed by atoms with E-state index in [9.17, 15) is 19.1 Å². The zero-order valence-electron chi connectivity index (χ0n) is 20.8. The van der Waals surface area contributed by atoms with Crippen LogP contribution in [-0.4, -0.2) is 47.7 Å². The first-order valence-electron chi connectivity index (χ1n) is 12.1. The molecule has 0 saturated carbocycles. The predicted octanol–water partition coefficient (Wildman–Crippen LogP) is 5.58. The Morgan fingerprint density at radius 2 is 1.86 bits per heavy atom. The minimum Gasteiger partial charge on any atom is -0.493 e. The highest BCUT2D eigenvalue weighted by Crippen LogP contribution is 2.44. The van der Waals surface area contributed by atoms with Crippen molar-refractivity contribution in [2.24, 2.45) is 0 Å². The lowest BCUT2D eigenvalue weighted by Crippen LogP contribution is -2.35. The minimum atomic E-state index is -0.966. The van der Waals surface area contributed by atoms with Gasteiger partial charge < -0.3 is 19.5 Å². The van der Waals surface area contributed by atoms with Crippen LogP contribution in [0.4, 0.5) is 4.39 Å². The van der Waals surface area contributed by atoms with E-state index in [4.69, 9.17) is 21.1 Å². The summed E-state index contributed by atoms with van der Waals surface area (Å²) in [5.41, 5.74) is 2.34. The van der Waals surface area contributed by atoms with Crippen LogP contribution < -0.4 is 9.47 Å². The zero-order valence-corrected chi connectivity index (χ0v) is 21.6. The van der Waals surface area contributed by atoms with Crippen LogP contribution in [0, 0.1) is 5.82 Å². The van der Waals surface area contributed by atoms with Crippen LogP contribution in [0.3, 0.4) is 0 Å². The van der Waals surface area contributed by atoms with Crippen LogP contribution in [0.15, 0.2) is 60.7 Å². The smallest absolute Gasteiger partial charge is 0.305 e. The average molecular weight is 526 g/mol. The number of methoxy groups -OCH3 is 1. The number of amides is 1. The van der Waals surface area contributed by atoms with Gasteiger partial charge in [0.2, 0.25) is 0 Å². The van der Waals surface area contributed by atoms with Gasteiger partial charge in [-0.3, -0.25) is 9.59 Å². The number of carbonyl (C=O) groups is 2. The predicted molar refractivity (Wildman–Crippen MR) is 139 cm³/mol. The molecule has 3 aromatic rings. The Balaban J connectivity index is 1.56. The Morgan fingerprint density at radius 1 is 1.11 bits per heavy atom. The topological polar surface area (TPSA) is 76.1 Å². The molecule has 3 aromatic carbocycles. The second-order valence-corrected chi connectivity index (χ2v) is 9.90. The summed E-state index contributed by atoms with van der Waals surface area (Å²) in [5, 5.41) is 9.28. The van der Waals surface area contributed by atoms with Gasteiger partial charge in [-0.15, -0.1) is 0 Å². The van der Waals surface area contributed by atoms with Crippen molar-refractivity contribution in [3.8, 4) is 11.5 Å². The summed E-state index contributed by atoms with van der Waals surface area (Å²) >= 11 is 5.82. The average Bonchev–Trinajstić information content (AvgIpc) is 3.21. The Hall–Kier alpha value is -3.58. The van der Waals surface area contributed by atoms with Gasteiger partial charge in [0.1, 0.15) is 11.4 Å². The lowest BCUT2D eigenvalue weighted by Gasteiger charge is -2.24. The molecule has 0 aromatic heterocycles. The molecule has 0 radical (unpaired) electrons. The number of aliphatic carboxylic acids is 1. The van der Waals surface area contributed by atoms with Crippen LogP contribution in [0.25, 0.3) is 0 Å². The molecule has 4 rings (SSSR count). The third-order valence-electron chi connectivity index (χ3n) is 6.47. The second kappa shape index (κ2) is 11.2. The van der Waals surface area contributed by atoms with E-state index in [0.717, 1.165) is 16.7 Å². The Labute approximate surface area is 220 Å².